The monoisotopic (exact) mass is 281 g/mol. The Kier molecular flexibility index (Phi) is 4.84. The minimum Gasteiger partial charge on any atom is -0.305 e. The summed E-state index contributed by atoms with van der Waals surface area (Å²) in [7, 11) is 0. The predicted octanol–water partition coefficient (Wildman–Crippen LogP) is 5.18. The van der Waals surface area contributed by atoms with E-state index in [2.05, 4.69) is 88.5 Å². The molecule has 0 spiro atoms. The highest BCUT2D eigenvalue weighted by molar-refractivity contribution is 5.30. The van der Waals surface area contributed by atoms with Crippen LogP contribution >= 0.6 is 0 Å². The van der Waals surface area contributed by atoms with Gasteiger partial charge in [-0.15, -0.1) is 0 Å². The van der Waals surface area contributed by atoms with Crippen LogP contribution in [-0.4, -0.2) is 0 Å². The second-order valence-corrected chi connectivity index (χ2v) is 7.02. The van der Waals surface area contributed by atoms with Crippen LogP contribution in [0.5, 0.6) is 0 Å². The molecule has 21 heavy (non-hydrogen) atoms. The molecule has 2 rings (SSSR count). The fraction of sp³-hybridized carbons (Fsp3) is 0.400. The van der Waals surface area contributed by atoms with E-state index >= 15 is 0 Å². The SMILES string of the molecule is Cc1ccc(CNC(c2ccccc2)C(C)(C)C)c(C)c1. The molecule has 0 saturated heterocycles. The zero-order chi connectivity index (χ0) is 15.5. The third-order valence-electron chi connectivity index (χ3n) is 3.99. The Hall–Kier alpha value is -1.60. The summed E-state index contributed by atoms with van der Waals surface area (Å²) in [6.45, 7) is 12.1. The average Bonchev–Trinajstić information content (AvgIpc) is 2.41. The summed E-state index contributed by atoms with van der Waals surface area (Å²) in [4.78, 5) is 0. The van der Waals surface area contributed by atoms with Crippen molar-refractivity contribution in [2.45, 2.75) is 47.2 Å². The van der Waals surface area contributed by atoms with E-state index in [1.54, 1.807) is 0 Å². The lowest BCUT2D eigenvalue weighted by atomic mass is 9.82. The van der Waals surface area contributed by atoms with Crippen LogP contribution in [0.1, 0.15) is 49.1 Å². The Labute approximate surface area is 129 Å². The summed E-state index contributed by atoms with van der Waals surface area (Å²) < 4.78 is 0. The van der Waals surface area contributed by atoms with Gasteiger partial charge in [-0.1, -0.05) is 74.9 Å². The molecule has 1 nitrogen and oxygen atoms in total. The van der Waals surface area contributed by atoms with Crippen LogP contribution in [0, 0.1) is 19.3 Å². The first-order chi connectivity index (χ1) is 9.88. The van der Waals surface area contributed by atoms with E-state index in [9.17, 15) is 0 Å². The number of benzene rings is 2. The molecule has 2 aromatic carbocycles. The second kappa shape index (κ2) is 6.44. The minimum atomic E-state index is 0.181. The third kappa shape index (κ3) is 4.18. The molecule has 1 atom stereocenters. The molecule has 1 N–H and O–H groups in total. The number of nitrogens with one attached hydrogen (secondary N) is 1. The van der Waals surface area contributed by atoms with E-state index in [1.165, 1.54) is 22.3 Å². The molecule has 0 aromatic heterocycles. The molecule has 0 saturated carbocycles. The normalized spacial score (nSPS) is 13.2. The van der Waals surface area contributed by atoms with E-state index in [0.717, 1.165) is 6.54 Å². The van der Waals surface area contributed by atoms with Crippen LogP contribution in [0.4, 0.5) is 0 Å². The van der Waals surface area contributed by atoms with Gasteiger partial charge in [-0.2, -0.15) is 0 Å². The van der Waals surface area contributed by atoms with Gasteiger partial charge in [-0.25, -0.2) is 0 Å². The van der Waals surface area contributed by atoms with Crippen molar-refractivity contribution in [2.24, 2.45) is 5.41 Å². The van der Waals surface area contributed by atoms with Crippen LogP contribution in [0.25, 0.3) is 0 Å². The van der Waals surface area contributed by atoms with E-state index in [-0.39, 0.29) is 5.41 Å². The number of aryl methyl sites for hydroxylation is 2. The molecule has 0 aliphatic heterocycles. The van der Waals surface area contributed by atoms with Crippen molar-refractivity contribution in [2.75, 3.05) is 0 Å². The summed E-state index contributed by atoms with van der Waals surface area (Å²) in [6.07, 6.45) is 0. The maximum Gasteiger partial charge on any atom is 0.0372 e. The molecule has 0 bridgehead atoms. The first-order valence-corrected chi connectivity index (χ1v) is 7.72. The van der Waals surface area contributed by atoms with Crippen LogP contribution in [0.2, 0.25) is 0 Å². The van der Waals surface area contributed by atoms with Crippen molar-refractivity contribution < 1.29 is 0 Å². The van der Waals surface area contributed by atoms with Gasteiger partial charge in [0.1, 0.15) is 0 Å². The molecule has 112 valence electrons. The number of hydrogen-bond donors (Lipinski definition) is 1. The van der Waals surface area contributed by atoms with Crippen molar-refractivity contribution >= 4 is 0 Å². The molecular formula is C20H27N. The number of rotatable bonds is 4. The topological polar surface area (TPSA) is 12.0 Å². The highest BCUT2D eigenvalue weighted by Gasteiger charge is 2.25. The van der Waals surface area contributed by atoms with Gasteiger partial charge < -0.3 is 5.32 Å². The fourth-order valence-electron chi connectivity index (χ4n) is 2.83. The Morgan fingerprint density at radius 3 is 2.19 bits per heavy atom. The van der Waals surface area contributed by atoms with E-state index in [1.807, 2.05) is 0 Å². The van der Waals surface area contributed by atoms with E-state index < -0.39 is 0 Å². The Morgan fingerprint density at radius 2 is 1.62 bits per heavy atom. The molecule has 0 radical (unpaired) electrons. The van der Waals surface area contributed by atoms with Gasteiger partial charge in [0.25, 0.3) is 0 Å². The fourth-order valence-corrected chi connectivity index (χ4v) is 2.83. The quantitative estimate of drug-likeness (QED) is 0.814. The van der Waals surface area contributed by atoms with Gasteiger partial charge >= 0.3 is 0 Å². The lowest BCUT2D eigenvalue weighted by Crippen LogP contribution is -2.32. The van der Waals surface area contributed by atoms with Gasteiger partial charge in [0.15, 0.2) is 0 Å². The van der Waals surface area contributed by atoms with Crippen molar-refractivity contribution in [1.29, 1.82) is 0 Å². The van der Waals surface area contributed by atoms with Gasteiger partial charge in [0.05, 0.1) is 0 Å². The van der Waals surface area contributed by atoms with Gasteiger partial charge in [0, 0.05) is 12.6 Å². The molecule has 2 aromatic rings. The second-order valence-electron chi connectivity index (χ2n) is 7.02. The Balaban J connectivity index is 2.17. The summed E-state index contributed by atoms with van der Waals surface area (Å²) in [5, 5.41) is 3.75. The molecule has 0 aliphatic carbocycles. The van der Waals surface area contributed by atoms with Crippen LogP contribution in [0.15, 0.2) is 48.5 Å². The first-order valence-electron chi connectivity index (χ1n) is 7.72. The highest BCUT2D eigenvalue weighted by atomic mass is 14.9. The van der Waals surface area contributed by atoms with Crippen LogP contribution in [-0.2, 0) is 6.54 Å². The highest BCUT2D eigenvalue weighted by Crippen LogP contribution is 2.33. The molecule has 0 fully saturated rings. The lowest BCUT2D eigenvalue weighted by molar-refractivity contribution is 0.271. The standard InChI is InChI=1S/C20H27N/c1-15-11-12-18(16(2)13-15)14-21-19(20(3,4)5)17-9-7-6-8-10-17/h6-13,19,21H,14H2,1-5H3. The molecular weight excluding hydrogens is 254 g/mol. The largest absolute Gasteiger partial charge is 0.305 e. The zero-order valence-corrected chi connectivity index (χ0v) is 13.9. The van der Waals surface area contributed by atoms with Gasteiger partial charge in [-0.05, 0) is 36.0 Å². The van der Waals surface area contributed by atoms with Crippen molar-refractivity contribution in [3.8, 4) is 0 Å². The van der Waals surface area contributed by atoms with Gasteiger partial charge in [0.2, 0.25) is 0 Å². The molecule has 0 heterocycles. The minimum absolute atomic E-state index is 0.181. The maximum atomic E-state index is 3.75. The smallest absolute Gasteiger partial charge is 0.0372 e. The van der Waals surface area contributed by atoms with Crippen molar-refractivity contribution in [3.05, 3.63) is 70.8 Å². The van der Waals surface area contributed by atoms with Gasteiger partial charge in [-0.3, -0.25) is 0 Å². The molecule has 1 heteroatoms. The summed E-state index contributed by atoms with van der Waals surface area (Å²) in [5.41, 5.74) is 5.61. The van der Waals surface area contributed by atoms with Crippen LogP contribution < -0.4 is 5.32 Å². The van der Waals surface area contributed by atoms with E-state index in [4.69, 9.17) is 0 Å². The lowest BCUT2D eigenvalue weighted by Gasteiger charge is -2.32. The molecule has 1 unspecified atom stereocenters. The molecule has 0 amide bonds. The summed E-state index contributed by atoms with van der Waals surface area (Å²) >= 11 is 0. The average molecular weight is 281 g/mol. The zero-order valence-electron chi connectivity index (χ0n) is 13.9. The Morgan fingerprint density at radius 1 is 0.952 bits per heavy atom. The first kappa shape index (κ1) is 15.8. The Bertz CT molecular complexity index is 579. The predicted molar refractivity (Wildman–Crippen MR) is 91.4 cm³/mol. The van der Waals surface area contributed by atoms with Crippen molar-refractivity contribution in [1.82, 2.24) is 5.32 Å². The maximum absolute atomic E-state index is 3.75. The number of hydrogen-bond acceptors (Lipinski definition) is 1. The molecule has 0 aliphatic rings. The van der Waals surface area contributed by atoms with E-state index in [0.29, 0.717) is 6.04 Å². The summed E-state index contributed by atoms with van der Waals surface area (Å²) in [5.74, 6) is 0. The summed E-state index contributed by atoms with van der Waals surface area (Å²) in [6, 6.07) is 17.8. The van der Waals surface area contributed by atoms with Crippen LogP contribution in [0.3, 0.4) is 0 Å². The van der Waals surface area contributed by atoms with Crippen molar-refractivity contribution in [3.63, 3.8) is 0 Å². The third-order valence-corrected chi connectivity index (χ3v) is 3.99.